The molecule has 3 aromatic carbocycles. The summed E-state index contributed by atoms with van der Waals surface area (Å²) in [7, 11) is -3.93. The van der Waals surface area contributed by atoms with E-state index in [-0.39, 0.29) is 16.3 Å². The molecule has 0 aliphatic heterocycles. The molecule has 32 heavy (non-hydrogen) atoms. The number of aromatic nitrogens is 2. The van der Waals surface area contributed by atoms with Crippen molar-refractivity contribution in [2.75, 3.05) is 0 Å². The molecule has 164 valence electrons. The maximum Gasteiger partial charge on any atom is 0.435 e. The Labute approximate surface area is 183 Å². The predicted molar refractivity (Wildman–Crippen MR) is 116 cm³/mol. The molecule has 0 saturated carbocycles. The van der Waals surface area contributed by atoms with Crippen LogP contribution >= 0.6 is 0 Å². The van der Waals surface area contributed by atoms with E-state index in [0.717, 1.165) is 27.4 Å². The van der Waals surface area contributed by atoms with Gasteiger partial charge in [0.05, 0.1) is 16.3 Å². The number of rotatable bonds is 4. The van der Waals surface area contributed by atoms with Crippen LogP contribution in [0.15, 0.2) is 83.8 Å². The molecule has 9 heteroatoms. The molecule has 0 aliphatic carbocycles. The van der Waals surface area contributed by atoms with E-state index in [1.165, 1.54) is 24.3 Å². The van der Waals surface area contributed by atoms with Gasteiger partial charge in [-0.3, -0.25) is 0 Å². The van der Waals surface area contributed by atoms with Crippen LogP contribution in [0.4, 0.5) is 13.2 Å². The Balaban J connectivity index is 1.91. The highest BCUT2D eigenvalue weighted by molar-refractivity contribution is 7.89. The smallest absolute Gasteiger partial charge is 0.232 e. The first-order chi connectivity index (χ1) is 15.0. The van der Waals surface area contributed by atoms with E-state index < -0.39 is 21.9 Å². The Kier molecular flexibility index (Phi) is 5.39. The highest BCUT2D eigenvalue weighted by atomic mass is 32.2. The van der Waals surface area contributed by atoms with Gasteiger partial charge in [0.15, 0.2) is 5.69 Å². The standard InChI is InChI=1S/C23H18F3N3O2S/c1-15-7-8-17(16-5-3-2-4-6-16)13-20(15)21-14-22(23(24,25)26)28-29(21)18-9-11-19(12-10-18)32(27,30)31/h2-14H,1H3,(H2,27,30,31). The van der Waals surface area contributed by atoms with Crippen molar-refractivity contribution in [2.24, 2.45) is 5.14 Å². The lowest BCUT2D eigenvalue weighted by atomic mass is 9.97. The molecule has 0 amide bonds. The number of nitrogens with zero attached hydrogens (tertiary/aromatic N) is 2. The van der Waals surface area contributed by atoms with E-state index in [2.05, 4.69) is 5.10 Å². The highest BCUT2D eigenvalue weighted by Crippen LogP contribution is 2.36. The van der Waals surface area contributed by atoms with Gasteiger partial charge >= 0.3 is 6.18 Å². The van der Waals surface area contributed by atoms with Gasteiger partial charge in [-0.15, -0.1) is 0 Å². The van der Waals surface area contributed by atoms with Gasteiger partial charge in [-0.1, -0.05) is 42.5 Å². The summed E-state index contributed by atoms with van der Waals surface area (Å²) in [4.78, 5) is -0.145. The van der Waals surface area contributed by atoms with Crippen molar-refractivity contribution < 1.29 is 21.6 Å². The number of sulfonamides is 1. The number of aryl methyl sites for hydroxylation is 1. The van der Waals surface area contributed by atoms with Crippen LogP contribution < -0.4 is 5.14 Å². The fraction of sp³-hybridized carbons (Fsp3) is 0.0870. The van der Waals surface area contributed by atoms with E-state index in [1.807, 2.05) is 48.5 Å². The molecule has 0 atom stereocenters. The fourth-order valence-electron chi connectivity index (χ4n) is 3.39. The van der Waals surface area contributed by atoms with Crippen molar-refractivity contribution in [2.45, 2.75) is 18.0 Å². The molecule has 4 rings (SSSR count). The summed E-state index contributed by atoms with van der Waals surface area (Å²) in [5.41, 5.74) is 2.56. The van der Waals surface area contributed by atoms with Gasteiger partial charge < -0.3 is 0 Å². The van der Waals surface area contributed by atoms with Crippen molar-refractivity contribution in [3.63, 3.8) is 0 Å². The number of nitrogens with two attached hydrogens (primary N) is 1. The highest BCUT2D eigenvalue weighted by Gasteiger charge is 2.35. The molecule has 0 radical (unpaired) electrons. The molecule has 0 spiro atoms. The normalized spacial score (nSPS) is 12.2. The second-order valence-corrected chi connectivity index (χ2v) is 8.82. The van der Waals surface area contributed by atoms with Crippen LogP contribution in [0.5, 0.6) is 0 Å². The first-order valence-corrected chi connectivity index (χ1v) is 11.1. The minimum atomic E-state index is -4.65. The molecular formula is C23H18F3N3O2S. The Hall–Kier alpha value is -3.43. The number of hydrogen-bond acceptors (Lipinski definition) is 3. The lowest BCUT2D eigenvalue weighted by molar-refractivity contribution is -0.141. The third-order valence-corrected chi connectivity index (χ3v) is 5.96. The van der Waals surface area contributed by atoms with Crippen molar-refractivity contribution in [1.82, 2.24) is 9.78 Å². The quantitative estimate of drug-likeness (QED) is 0.459. The van der Waals surface area contributed by atoms with Gasteiger partial charge in [0.25, 0.3) is 0 Å². The summed E-state index contributed by atoms with van der Waals surface area (Å²) in [5, 5.41) is 8.89. The molecule has 5 nitrogen and oxygen atoms in total. The minimum absolute atomic E-state index is 0.145. The number of halogens is 3. The van der Waals surface area contributed by atoms with E-state index in [4.69, 9.17) is 5.14 Å². The Morgan fingerprint density at radius 3 is 2.12 bits per heavy atom. The molecular weight excluding hydrogens is 439 g/mol. The van der Waals surface area contributed by atoms with Crippen LogP contribution in [0.1, 0.15) is 11.3 Å². The molecule has 0 bridgehead atoms. The van der Waals surface area contributed by atoms with Crippen molar-refractivity contribution in [1.29, 1.82) is 0 Å². The van der Waals surface area contributed by atoms with E-state index in [0.29, 0.717) is 5.56 Å². The molecule has 2 N–H and O–H groups in total. The largest absolute Gasteiger partial charge is 0.435 e. The number of hydrogen-bond donors (Lipinski definition) is 1. The Bertz CT molecular complexity index is 1380. The van der Waals surface area contributed by atoms with Crippen LogP contribution in [0.3, 0.4) is 0 Å². The van der Waals surface area contributed by atoms with E-state index >= 15 is 0 Å². The summed E-state index contributed by atoms with van der Waals surface area (Å²) in [6, 6.07) is 21.2. The summed E-state index contributed by atoms with van der Waals surface area (Å²) in [6.45, 7) is 1.80. The molecule has 1 heterocycles. The molecule has 0 fully saturated rings. The maximum absolute atomic E-state index is 13.5. The topological polar surface area (TPSA) is 78.0 Å². The van der Waals surface area contributed by atoms with Gasteiger partial charge in [-0.2, -0.15) is 18.3 Å². The van der Waals surface area contributed by atoms with Crippen LogP contribution in [-0.4, -0.2) is 18.2 Å². The van der Waals surface area contributed by atoms with Crippen molar-refractivity contribution >= 4 is 10.0 Å². The molecule has 1 aromatic heterocycles. The number of benzene rings is 3. The molecule has 0 aliphatic rings. The minimum Gasteiger partial charge on any atom is -0.232 e. The van der Waals surface area contributed by atoms with Gasteiger partial charge in [0, 0.05) is 5.56 Å². The zero-order chi connectivity index (χ0) is 23.1. The van der Waals surface area contributed by atoms with Gasteiger partial charge in [-0.25, -0.2) is 18.2 Å². The predicted octanol–water partition coefficient (Wildman–Crippen LogP) is 5.18. The number of alkyl halides is 3. The average molecular weight is 457 g/mol. The van der Waals surface area contributed by atoms with Crippen LogP contribution in [0, 0.1) is 6.92 Å². The average Bonchev–Trinajstić information content (AvgIpc) is 3.20. The second-order valence-electron chi connectivity index (χ2n) is 7.26. The lowest BCUT2D eigenvalue weighted by Gasteiger charge is -2.12. The van der Waals surface area contributed by atoms with Crippen molar-refractivity contribution in [3.05, 3.63) is 90.1 Å². The first-order valence-electron chi connectivity index (χ1n) is 9.51. The summed E-state index contributed by atoms with van der Waals surface area (Å²) < 4.78 is 64.7. The van der Waals surface area contributed by atoms with E-state index in [9.17, 15) is 21.6 Å². The van der Waals surface area contributed by atoms with Gasteiger partial charge in [0.1, 0.15) is 0 Å². The van der Waals surface area contributed by atoms with Crippen LogP contribution in [0.25, 0.3) is 28.1 Å². The monoisotopic (exact) mass is 457 g/mol. The second kappa shape index (κ2) is 7.92. The Morgan fingerprint density at radius 1 is 0.875 bits per heavy atom. The zero-order valence-electron chi connectivity index (χ0n) is 16.8. The van der Waals surface area contributed by atoms with Crippen molar-refractivity contribution in [3.8, 4) is 28.1 Å². The number of primary sulfonamides is 1. The van der Waals surface area contributed by atoms with Gasteiger partial charge in [0.2, 0.25) is 10.0 Å². The summed E-state index contributed by atoms with van der Waals surface area (Å²) in [5.74, 6) is 0. The van der Waals surface area contributed by atoms with Gasteiger partial charge in [-0.05, 0) is 60.0 Å². The Morgan fingerprint density at radius 2 is 1.53 bits per heavy atom. The SMILES string of the molecule is Cc1ccc(-c2ccccc2)cc1-c1cc(C(F)(F)F)nn1-c1ccc(S(N)(=O)=O)cc1. The van der Waals surface area contributed by atoms with E-state index in [1.54, 1.807) is 6.92 Å². The molecule has 0 unspecified atom stereocenters. The molecule has 4 aromatic rings. The lowest BCUT2D eigenvalue weighted by Crippen LogP contribution is -2.12. The van der Waals surface area contributed by atoms with Crippen LogP contribution in [-0.2, 0) is 16.2 Å². The fourth-order valence-corrected chi connectivity index (χ4v) is 3.91. The first kappa shape index (κ1) is 21.8. The summed E-state index contributed by atoms with van der Waals surface area (Å²) in [6.07, 6.45) is -4.65. The third kappa shape index (κ3) is 4.30. The zero-order valence-corrected chi connectivity index (χ0v) is 17.7. The van der Waals surface area contributed by atoms with Crippen LogP contribution in [0.2, 0.25) is 0 Å². The maximum atomic E-state index is 13.5. The molecule has 0 saturated heterocycles. The third-order valence-electron chi connectivity index (χ3n) is 5.03. The summed E-state index contributed by atoms with van der Waals surface area (Å²) >= 11 is 0.